The van der Waals surface area contributed by atoms with Gasteiger partial charge in [-0.15, -0.1) is 0 Å². The highest BCUT2D eigenvalue weighted by molar-refractivity contribution is 5.37. The monoisotopic (exact) mass is 350 g/mol. The molecule has 4 aliphatic carbocycles. The third-order valence-electron chi connectivity index (χ3n) is 6.66. The van der Waals surface area contributed by atoms with Crippen LogP contribution in [-0.4, -0.2) is 9.91 Å². The lowest BCUT2D eigenvalue weighted by atomic mass is 9.48. The Morgan fingerprint density at radius 2 is 1.58 bits per heavy atom. The van der Waals surface area contributed by atoms with Crippen LogP contribution in [-0.2, 0) is 5.41 Å². The number of ether oxygens (including phenoxy) is 1. The van der Waals surface area contributed by atoms with Gasteiger partial charge in [0.1, 0.15) is 11.9 Å². The molecule has 4 aliphatic rings. The first kappa shape index (κ1) is 15.8. The molecule has 2 aromatic rings. The van der Waals surface area contributed by atoms with Crippen molar-refractivity contribution in [3.8, 4) is 11.6 Å². The largest absolute Gasteiger partial charge is 0.439 e. The third-order valence-corrected chi connectivity index (χ3v) is 6.66. The molecule has 4 bridgehead atoms. The van der Waals surface area contributed by atoms with Crippen LogP contribution in [0.3, 0.4) is 0 Å². The van der Waals surface area contributed by atoms with Crippen molar-refractivity contribution >= 4 is 5.69 Å². The fourth-order valence-corrected chi connectivity index (χ4v) is 6.00. The highest BCUT2D eigenvalue weighted by Crippen LogP contribution is 2.60. The first-order valence-electron chi connectivity index (χ1n) is 9.48. The number of nitrogens with zero attached hydrogens (tertiary/aromatic N) is 2. The van der Waals surface area contributed by atoms with Gasteiger partial charge in [-0.25, -0.2) is 4.98 Å². The second-order valence-electron chi connectivity index (χ2n) is 8.44. The van der Waals surface area contributed by atoms with Crippen molar-refractivity contribution < 1.29 is 9.66 Å². The van der Waals surface area contributed by atoms with E-state index < -0.39 is 4.92 Å². The van der Waals surface area contributed by atoms with Gasteiger partial charge < -0.3 is 4.74 Å². The molecule has 0 radical (unpaired) electrons. The number of hydrogen-bond acceptors (Lipinski definition) is 4. The van der Waals surface area contributed by atoms with Gasteiger partial charge in [0.15, 0.2) is 0 Å². The minimum absolute atomic E-state index is 0.0329. The predicted octanol–water partition coefficient (Wildman–Crippen LogP) is 5.25. The van der Waals surface area contributed by atoms with Crippen LogP contribution >= 0.6 is 0 Å². The molecule has 1 aromatic carbocycles. The summed E-state index contributed by atoms with van der Waals surface area (Å²) in [7, 11) is 0. The summed E-state index contributed by atoms with van der Waals surface area (Å²) < 4.78 is 5.75. The van der Waals surface area contributed by atoms with Gasteiger partial charge in [0.05, 0.1) is 4.92 Å². The number of pyridine rings is 1. The van der Waals surface area contributed by atoms with E-state index in [4.69, 9.17) is 4.74 Å². The van der Waals surface area contributed by atoms with Gasteiger partial charge >= 0.3 is 0 Å². The molecule has 0 N–H and O–H groups in total. The van der Waals surface area contributed by atoms with Crippen molar-refractivity contribution in [2.75, 3.05) is 0 Å². The smallest absolute Gasteiger partial charge is 0.287 e. The van der Waals surface area contributed by atoms with Crippen LogP contribution < -0.4 is 4.74 Å². The Kier molecular flexibility index (Phi) is 3.52. The lowest BCUT2D eigenvalue weighted by Crippen LogP contribution is -2.48. The van der Waals surface area contributed by atoms with Crippen molar-refractivity contribution in [2.45, 2.75) is 43.9 Å². The summed E-state index contributed by atoms with van der Waals surface area (Å²) in [5, 5.41) is 10.7. The number of hydrogen-bond donors (Lipinski definition) is 0. The maximum atomic E-state index is 10.7. The Morgan fingerprint density at radius 3 is 2.08 bits per heavy atom. The van der Waals surface area contributed by atoms with Crippen LogP contribution in [0.2, 0.25) is 0 Å². The van der Waals surface area contributed by atoms with Gasteiger partial charge in [-0.05, 0) is 79.4 Å². The van der Waals surface area contributed by atoms with Crippen LogP contribution in [0.25, 0.3) is 0 Å². The minimum atomic E-state index is -0.461. The molecule has 0 aliphatic heterocycles. The van der Waals surface area contributed by atoms with E-state index in [2.05, 4.69) is 17.1 Å². The van der Waals surface area contributed by atoms with Gasteiger partial charge in [0.25, 0.3) is 5.69 Å². The summed E-state index contributed by atoms with van der Waals surface area (Å²) in [6.07, 6.45) is 9.62. The van der Waals surface area contributed by atoms with E-state index in [9.17, 15) is 10.1 Å². The molecule has 1 heterocycles. The summed E-state index contributed by atoms with van der Waals surface area (Å²) in [6.45, 7) is 0. The lowest BCUT2D eigenvalue weighted by molar-refractivity contribution is -0.385. The van der Waals surface area contributed by atoms with Crippen molar-refractivity contribution in [3.63, 3.8) is 0 Å². The van der Waals surface area contributed by atoms with E-state index in [1.165, 1.54) is 62.4 Å². The maximum Gasteiger partial charge on any atom is 0.287 e. The molecule has 0 unspecified atom stereocenters. The molecular weight excluding hydrogens is 328 g/mol. The van der Waals surface area contributed by atoms with Gasteiger partial charge in [-0.1, -0.05) is 12.1 Å². The van der Waals surface area contributed by atoms with E-state index in [-0.39, 0.29) is 5.69 Å². The highest BCUT2D eigenvalue weighted by atomic mass is 16.6. The van der Waals surface area contributed by atoms with Crippen LogP contribution in [0.15, 0.2) is 42.6 Å². The number of rotatable bonds is 4. The molecule has 6 rings (SSSR count). The molecule has 5 heteroatoms. The Bertz CT molecular complexity index is 794. The zero-order valence-corrected chi connectivity index (χ0v) is 14.6. The molecule has 4 saturated carbocycles. The Labute approximate surface area is 152 Å². The molecule has 26 heavy (non-hydrogen) atoms. The van der Waals surface area contributed by atoms with Crippen LogP contribution in [0.5, 0.6) is 11.6 Å². The molecule has 4 fully saturated rings. The number of nitro groups is 1. The zero-order valence-electron chi connectivity index (χ0n) is 14.6. The Balaban J connectivity index is 1.34. The van der Waals surface area contributed by atoms with Crippen LogP contribution in [0, 0.1) is 27.9 Å². The first-order valence-corrected chi connectivity index (χ1v) is 9.48. The molecule has 134 valence electrons. The second-order valence-corrected chi connectivity index (χ2v) is 8.44. The molecule has 0 amide bonds. The zero-order chi connectivity index (χ0) is 17.7. The SMILES string of the molecule is O=[N+]([O-])c1ccc(Oc2ccc(C34CC5CC(CC(C5)C3)C4)cc2)nc1. The Morgan fingerprint density at radius 1 is 0.962 bits per heavy atom. The first-order chi connectivity index (χ1) is 12.6. The standard InChI is InChI=1S/C21H22N2O3/c24-23(25)18-3-6-20(22-13-18)26-19-4-1-17(2-5-19)21-10-14-7-15(11-21)9-16(8-14)12-21/h1-6,13-16H,7-12H2. The van der Waals surface area contributed by atoms with Crippen molar-refractivity contribution in [1.82, 2.24) is 4.98 Å². The summed E-state index contributed by atoms with van der Waals surface area (Å²) >= 11 is 0. The quantitative estimate of drug-likeness (QED) is 0.558. The third kappa shape index (κ3) is 2.66. The van der Waals surface area contributed by atoms with Gasteiger partial charge in [0.2, 0.25) is 5.88 Å². The van der Waals surface area contributed by atoms with Crippen LogP contribution in [0.4, 0.5) is 5.69 Å². The normalized spacial score (nSPS) is 31.8. The Hall–Kier alpha value is -2.43. The summed E-state index contributed by atoms with van der Waals surface area (Å²) in [5.41, 5.74) is 1.81. The van der Waals surface area contributed by atoms with Gasteiger partial charge in [-0.2, -0.15) is 0 Å². The van der Waals surface area contributed by atoms with E-state index in [0.29, 0.717) is 11.3 Å². The number of benzene rings is 1. The van der Waals surface area contributed by atoms with E-state index in [0.717, 1.165) is 23.5 Å². The number of aromatic nitrogens is 1. The second kappa shape index (κ2) is 5.79. The molecule has 1 aromatic heterocycles. The van der Waals surface area contributed by atoms with E-state index >= 15 is 0 Å². The molecule has 0 spiro atoms. The van der Waals surface area contributed by atoms with Crippen molar-refractivity contribution in [1.29, 1.82) is 0 Å². The average molecular weight is 350 g/mol. The molecular formula is C21H22N2O3. The molecule has 0 saturated heterocycles. The fraction of sp³-hybridized carbons (Fsp3) is 0.476. The predicted molar refractivity (Wildman–Crippen MR) is 97.3 cm³/mol. The van der Waals surface area contributed by atoms with Crippen molar-refractivity contribution in [2.24, 2.45) is 17.8 Å². The van der Waals surface area contributed by atoms with Crippen LogP contribution in [0.1, 0.15) is 44.1 Å². The summed E-state index contributed by atoms with van der Waals surface area (Å²) in [6, 6.07) is 11.4. The lowest BCUT2D eigenvalue weighted by Gasteiger charge is -2.57. The topological polar surface area (TPSA) is 65.3 Å². The summed E-state index contributed by atoms with van der Waals surface area (Å²) in [4.78, 5) is 14.2. The molecule has 0 atom stereocenters. The van der Waals surface area contributed by atoms with E-state index in [1.54, 1.807) is 0 Å². The van der Waals surface area contributed by atoms with Gasteiger partial charge in [0, 0.05) is 12.1 Å². The fourth-order valence-electron chi connectivity index (χ4n) is 6.00. The van der Waals surface area contributed by atoms with Crippen molar-refractivity contribution in [3.05, 3.63) is 58.3 Å². The van der Waals surface area contributed by atoms with E-state index in [1.807, 2.05) is 12.1 Å². The van der Waals surface area contributed by atoms with Gasteiger partial charge in [-0.3, -0.25) is 10.1 Å². The average Bonchev–Trinajstić information content (AvgIpc) is 2.61. The highest BCUT2D eigenvalue weighted by Gasteiger charge is 2.51. The molecule has 5 nitrogen and oxygen atoms in total. The minimum Gasteiger partial charge on any atom is -0.439 e. The maximum absolute atomic E-state index is 10.7. The summed E-state index contributed by atoms with van der Waals surface area (Å²) in [5.74, 6) is 3.89.